The summed E-state index contributed by atoms with van der Waals surface area (Å²) < 4.78 is 5.11. The highest BCUT2D eigenvalue weighted by atomic mass is 16.6. The van der Waals surface area contributed by atoms with Crippen molar-refractivity contribution in [3.63, 3.8) is 0 Å². The molecule has 57 valence electrons. The first-order chi connectivity index (χ1) is 5.36. The summed E-state index contributed by atoms with van der Waals surface area (Å²) >= 11 is 0. The summed E-state index contributed by atoms with van der Waals surface area (Å²) in [5.41, 5.74) is 2.62. The standard InChI is InChI=1S/C10H11O/c1-8-4-2-3-5-9(8)6-10-7-11-10/h2-6,10H,7H2,1H3. The van der Waals surface area contributed by atoms with E-state index < -0.39 is 0 Å². The molecule has 1 nitrogen and oxygen atoms in total. The molecule has 1 aliphatic rings. The molecule has 0 spiro atoms. The van der Waals surface area contributed by atoms with E-state index >= 15 is 0 Å². The largest absolute Gasteiger partial charge is 0.372 e. The van der Waals surface area contributed by atoms with Gasteiger partial charge in [-0.25, -0.2) is 0 Å². The topological polar surface area (TPSA) is 12.5 Å². The number of hydrogen-bond donors (Lipinski definition) is 0. The summed E-state index contributed by atoms with van der Waals surface area (Å²) in [5.74, 6) is 0. The third kappa shape index (κ3) is 1.60. The molecule has 0 amide bonds. The predicted molar refractivity (Wildman–Crippen MR) is 44.3 cm³/mol. The van der Waals surface area contributed by atoms with Crippen molar-refractivity contribution < 1.29 is 4.74 Å². The minimum Gasteiger partial charge on any atom is -0.372 e. The smallest absolute Gasteiger partial charge is 0.0885 e. The fourth-order valence-corrected chi connectivity index (χ4v) is 1.13. The number of rotatable bonds is 2. The Morgan fingerprint density at radius 2 is 2.18 bits per heavy atom. The van der Waals surface area contributed by atoms with Gasteiger partial charge in [-0.05, 0) is 18.1 Å². The number of ether oxygens (including phenoxy) is 1. The average molecular weight is 147 g/mol. The van der Waals surface area contributed by atoms with E-state index in [1.165, 1.54) is 11.1 Å². The Bertz CT molecular complexity index is 251. The van der Waals surface area contributed by atoms with Gasteiger partial charge in [0.25, 0.3) is 0 Å². The van der Waals surface area contributed by atoms with E-state index in [4.69, 9.17) is 4.74 Å². The van der Waals surface area contributed by atoms with Gasteiger partial charge in [0.1, 0.15) is 0 Å². The van der Waals surface area contributed by atoms with Crippen LogP contribution in [0.15, 0.2) is 24.3 Å². The number of benzene rings is 1. The molecule has 0 N–H and O–H groups in total. The van der Waals surface area contributed by atoms with Crippen LogP contribution in [0.3, 0.4) is 0 Å². The van der Waals surface area contributed by atoms with Crippen molar-refractivity contribution in [2.45, 2.75) is 13.0 Å². The van der Waals surface area contributed by atoms with Crippen LogP contribution in [0.25, 0.3) is 0 Å². The van der Waals surface area contributed by atoms with E-state index in [-0.39, 0.29) is 0 Å². The average Bonchev–Trinajstić information content (AvgIpc) is 2.78. The molecule has 11 heavy (non-hydrogen) atoms. The van der Waals surface area contributed by atoms with Crippen molar-refractivity contribution in [3.8, 4) is 0 Å². The van der Waals surface area contributed by atoms with E-state index in [2.05, 4.69) is 37.6 Å². The number of hydrogen-bond acceptors (Lipinski definition) is 1. The zero-order valence-electron chi connectivity index (χ0n) is 6.58. The lowest BCUT2D eigenvalue weighted by Gasteiger charge is -2.00. The molecule has 1 aromatic carbocycles. The highest BCUT2D eigenvalue weighted by molar-refractivity contribution is 5.33. The maximum atomic E-state index is 5.11. The first kappa shape index (κ1) is 6.86. The molecule has 1 saturated heterocycles. The molecule has 0 saturated carbocycles. The zero-order chi connectivity index (χ0) is 7.68. The van der Waals surface area contributed by atoms with Gasteiger partial charge >= 0.3 is 0 Å². The third-order valence-corrected chi connectivity index (χ3v) is 1.91. The molecular weight excluding hydrogens is 136 g/mol. The molecule has 1 aliphatic heterocycles. The van der Waals surface area contributed by atoms with E-state index in [1.54, 1.807) is 0 Å². The summed E-state index contributed by atoms with van der Waals surface area (Å²) in [7, 11) is 0. The van der Waals surface area contributed by atoms with E-state index in [0.29, 0.717) is 6.10 Å². The van der Waals surface area contributed by atoms with Crippen LogP contribution in [-0.2, 0) is 4.74 Å². The van der Waals surface area contributed by atoms with E-state index in [1.807, 2.05) is 0 Å². The SMILES string of the molecule is Cc1ccccc1[CH]C1CO1. The lowest BCUT2D eigenvalue weighted by molar-refractivity contribution is 0.432. The van der Waals surface area contributed by atoms with Crippen molar-refractivity contribution in [2.75, 3.05) is 6.61 Å². The van der Waals surface area contributed by atoms with Crippen LogP contribution >= 0.6 is 0 Å². The molecule has 0 aromatic heterocycles. The van der Waals surface area contributed by atoms with Crippen LogP contribution in [-0.4, -0.2) is 12.7 Å². The Morgan fingerprint density at radius 1 is 1.45 bits per heavy atom. The Balaban J connectivity index is 2.15. The molecule has 1 aromatic rings. The van der Waals surface area contributed by atoms with E-state index in [9.17, 15) is 0 Å². The van der Waals surface area contributed by atoms with Gasteiger partial charge in [-0.15, -0.1) is 0 Å². The van der Waals surface area contributed by atoms with Gasteiger partial charge in [-0.2, -0.15) is 0 Å². The maximum Gasteiger partial charge on any atom is 0.0885 e. The molecule has 1 atom stereocenters. The quantitative estimate of drug-likeness (QED) is 0.582. The van der Waals surface area contributed by atoms with Crippen LogP contribution in [0.2, 0.25) is 0 Å². The molecule has 0 aliphatic carbocycles. The second-order valence-electron chi connectivity index (χ2n) is 2.90. The van der Waals surface area contributed by atoms with Crippen molar-refractivity contribution in [2.24, 2.45) is 0 Å². The second kappa shape index (κ2) is 2.67. The van der Waals surface area contributed by atoms with Crippen molar-refractivity contribution >= 4 is 0 Å². The van der Waals surface area contributed by atoms with Gasteiger partial charge in [0.05, 0.1) is 12.7 Å². The lowest BCUT2D eigenvalue weighted by atomic mass is 10.0. The zero-order valence-corrected chi connectivity index (χ0v) is 6.58. The first-order valence-electron chi connectivity index (χ1n) is 3.88. The number of aryl methyl sites for hydroxylation is 1. The molecule has 1 heteroatoms. The van der Waals surface area contributed by atoms with Gasteiger partial charge in [-0.3, -0.25) is 0 Å². The Kier molecular flexibility index (Phi) is 1.66. The third-order valence-electron chi connectivity index (χ3n) is 1.91. The fraction of sp³-hybridized carbons (Fsp3) is 0.300. The molecule has 1 heterocycles. The lowest BCUT2D eigenvalue weighted by Crippen LogP contribution is -1.91. The highest BCUT2D eigenvalue weighted by Crippen LogP contribution is 2.20. The van der Waals surface area contributed by atoms with Gasteiger partial charge < -0.3 is 4.74 Å². The fourth-order valence-electron chi connectivity index (χ4n) is 1.13. The Labute approximate surface area is 67.0 Å². The second-order valence-corrected chi connectivity index (χ2v) is 2.90. The molecule has 1 radical (unpaired) electrons. The highest BCUT2D eigenvalue weighted by Gasteiger charge is 2.23. The summed E-state index contributed by atoms with van der Waals surface area (Å²) in [6.45, 7) is 3.02. The Morgan fingerprint density at radius 3 is 2.82 bits per heavy atom. The molecule has 1 fully saturated rings. The van der Waals surface area contributed by atoms with Crippen LogP contribution in [0.5, 0.6) is 0 Å². The van der Waals surface area contributed by atoms with Crippen molar-refractivity contribution in [3.05, 3.63) is 41.8 Å². The summed E-state index contributed by atoms with van der Waals surface area (Å²) in [4.78, 5) is 0. The molecular formula is C10H11O. The van der Waals surface area contributed by atoms with Gasteiger partial charge in [0.2, 0.25) is 0 Å². The normalized spacial score (nSPS) is 21.7. The van der Waals surface area contributed by atoms with Crippen molar-refractivity contribution in [1.29, 1.82) is 0 Å². The van der Waals surface area contributed by atoms with Gasteiger partial charge in [-0.1, -0.05) is 24.3 Å². The van der Waals surface area contributed by atoms with Crippen molar-refractivity contribution in [1.82, 2.24) is 0 Å². The van der Waals surface area contributed by atoms with Crippen LogP contribution in [0.1, 0.15) is 11.1 Å². The molecule has 0 bridgehead atoms. The minimum atomic E-state index is 0.385. The molecule has 1 unspecified atom stereocenters. The predicted octanol–water partition coefficient (Wildman–Crippen LogP) is 1.95. The summed E-state index contributed by atoms with van der Waals surface area (Å²) in [6, 6.07) is 8.35. The number of epoxide rings is 1. The van der Waals surface area contributed by atoms with Gasteiger partial charge in [0, 0.05) is 6.42 Å². The van der Waals surface area contributed by atoms with Crippen LogP contribution in [0.4, 0.5) is 0 Å². The Hall–Kier alpha value is -0.820. The minimum absolute atomic E-state index is 0.385. The summed E-state index contributed by atoms with van der Waals surface area (Å²) in [5, 5.41) is 0. The van der Waals surface area contributed by atoms with Gasteiger partial charge in [0.15, 0.2) is 0 Å². The van der Waals surface area contributed by atoms with Crippen LogP contribution < -0.4 is 0 Å². The molecule has 2 rings (SSSR count). The van der Waals surface area contributed by atoms with Crippen LogP contribution in [0, 0.1) is 13.3 Å². The summed E-state index contributed by atoms with van der Waals surface area (Å²) in [6.07, 6.45) is 2.56. The van der Waals surface area contributed by atoms with E-state index in [0.717, 1.165) is 6.61 Å². The maximum absolute atomic E-state index is 5.11. The monoisotopic (exact) mass is 147 g/mol. The first-order valence-corrected chi connectivity index (χ1v) is 3.88.